The van der Waals surface area contributed by atoms with Crippen LogP contribution in [0.25, 0.3) is 0 Å². The van der Waals surface area contributed by atoms with Gasteiger partial charge in [-0.2, -0.15) is 0 Å². The number of guanidine groups is 1. The van der Waals surface area contributed by atoms with Crippen LogP contribution in [-0.2, 0) is 9.47 Å². The third-order valence-corrected chi connectivity index (χ3v) is 6.43. The van der Waals surface area contributed by atoms with E-state index < -0.39 is 0 Å². The van der Waals surface area contributed by atoms with E-state index in [1.165, 1.54) is 38.5 Å². The zero-order valence-electron chi connectivity index (χ0n) is 17.3. The number of hydrogen-bond acceptors (Lipinski definition) is 3. The SMILES string of the molecule is CN=C(NCC1CCC(C)CC1)N1CCC(OCC2CCCCO2)CC1.I. The van der Waals surface area contributed by atoms with E-state index >= 15 is 0 Å². The minimum Gasteiger partial charge on any atom is -0.376 e. The Balaban J connectivity index is 0.00000261. The minimum absolute atomic E-state index is 0. The maximum Gasteiger partial charge on any atom is 0.193 e. The fourth-order valence-electron chi connectivity index (χ4n) is 4.52. The summed E-state index contributed by atoms with van der Waals surface area (Å²) in [7, 11) is 1.91. The van der Waals surface area contributed by atoms with Crippen molar-refractivity contribution in [3.05, 3.63) is 0 Å². The molecule has 0 aromatic heterocycles. The van der Waals surface area contributed by atoms with Gasteiger partial charge < -0.3 is 19.7 Å². The van der Waals surface area contributed by atoms with E-state index in [0.29, 0.717) is 12.2 Å². The van der Waals surface area contributed by atoms with Gasteiger partial charge in [0, 0.05) is 33.3 Å². The average Bonchev–Trinajstić information content (AvgIpc) is 2.70. The lowest BCUT2D eigenvalue weighted by molar-refractivity contribution is -0.0721. The molecule has 0 aromatic carbocycles. The Morgan fingerprint density at radius 2 is 1.81 bits per heavy atom. The molecule has 6 heteroatoms. The number of nitrogens with one attached hydrogen (secondary N) is 1. The van der Waals surface area contributed by atoms with Crippen LogP contribution in [0.4, 0.5) is 0 Å². The van der Waals surface area contributed by atoms with E-state index in [1.807, 2.05) is 7.05 Å². The molecule has 1 saturated carbocycles. The smallest absolute Gasteiger partial charge is 0.193 e. The molecule has 3 aliphatic rings. The Morgan fingerprint density at radius 3 is 2.44 bits per heavy atom. The second kappa shape index (κ2) is 12.5. The largest absolute Gasteiger partial charge is 0.376 e. The first-order chi connectivity index (χ1) is 12.7. The fourth-order valence-corrected chi connectivity index (χ4v) is 4.52. The first-order valence-corrected chi connectivity index (χ1v) is 10.9. The summed E-state index contributed by atoms with van der Waals surface area (Å²) in [5.41, 5.74) is 0. The third-order valence-electron chi connectivity index (χ3n) is 6.43. The Kier molecular flexibility index (Phi) is 10.7. The van der Waals surface area contributed by atoms with Gasteiger partial charge in [0.2, 0.25) is 0 Å². The lowest BCUT2D eigenvalue weighted by atomic mass is 9.83. The molecule has 158 valence electrons. The highest BCUT2D eigenvalue weighted by Crippen LogP contribution is 2.27. The van der Waals surface area contributed by atoms with Gasteiger partial charge in [-0.05, 0) is 56.8 Å². The molecular weight excluding hydrogens is 453 g/mol. The van der Waals surface area contributed by atoms with Crippen molar-refractivity contribution in [2.45, 2.75) is 76.9 Å². The molecule has 0 bridgehead atoms. The number of rotatable bonds is 5. The normalized spacial score (nSPS) is 30.7. The summed E-state index contributed by atoms with van der Waals surface area (Å²) in [6.07, 6.45) is 12.1. The molecule has 1 atom stereocenters. The lowest BCUT2D eigenvalue weighted by Gasteiger charge is -2.35. The number of likely N-dealkylation sites (tertiary alicyclic amines) is 1. The molecular formula is C21H40IN3O2. The van der Waals surface area contributed by atoms with Crippen molar-refractivity contribution in [2.75, 3.05) is 39.9 Å². The lowest BCUT2D eigenvalue weighted by Crippen LogP contribution is -2.48. The quantitative estimate of drug-likeness (QED) is 0.357. The van der Waals surface area contributed by atoms with Gasteiger partial charge in [0.25, 0.3) is 0 Å². The van der Waals surface area contributed by atoms with E-state index in [1.54, 1.807) is 0 Å². The number of halogens is 1. The molecule has 5 nitrogen and oxygen atoms in total. The first-order valence-electron chi connectivity index (χ1n) is 10.9. The molecule has 0 aromatic rings. The number of hydrogen-bond donors (Lipinski definition) is 1. The minimum atomic E-state index is 0. The van der Waals surface area contributed by atoms with Gasteiger partial charge in [-0.15, -0.1) is 24.0 Å². The summed E-state index contributed by atoms with van der Waals surface area (Å²) in [5.74, 6) is 2.82. The highest BCUT2D eigenvalue weighted by atomic mass is 127. The molecule has 2 saturated heterocycles. The summed E-state index contributed by atoms with van der Waals surface area (Å²) in [6.45, 7) is 7.23. The van der Waals surface area contributed by atoms with Crippen LogP contribution >= 0.6 is 24.0 Å². The van der Waals surface area contributed by atoms with Crippen LogP contribution in [0, 0.1) is 11.8 Å². The van der Waals surface area contributed by atoms with E-state index in [-0.39, 0.29) is 24.0 Å². The summed E-state index contributed by atoms with van der Waals surface area (Å²) >= 11 is 0. The van der Waals surface area contributed by atoms with Crippen molar-refractivity contribution in [2.24, 2.45) is 16.8 Å². The zero-order chi connectivity index (χ0) is 18.2. The predicted octanol–water partition coefficient (Wildman–Crippen LogP) is 4.06. The summed E-state index contributed by atoms with van der Waals surface area (Å²) in [6, 6.07) is 0. The summed E-state index contributed by atoms with van der Waals surface area (Å²) in [5, 5.41) is 3.64. The van der Waals surface area contributed by atoms with Gasteiger partial charge in [0.05, 0.1) is 18.8 Å². The van der Waals surface area contributed by atoms with E-state index in [2.05, 4.69) is 22.1 Å². The molecule has 2 aliphatic heterocycles. The van der Waals surface area contributed by atoms with Crippen LogP contribution in [0.5, 0.6) is 0 Å². The first kappa shape index (κ1) is 23.2. The predicted molar refractivity (Wildman–Crippen MR) is 122 cm³/mol. The Bertz CT molecular complexity index is 427. The fraction of sp³-hybridized carbons (Fsp3) is 0.952. The molecule has 0 spiro atoms. The van der Waals surface area contributed by atoms with Crippen molar-refractivity contribution in [3.8, 4) is 0 Å². The zero-order valence-corrected chi connectivity index (χ0v) is 19.7. The molecule has 0 radical (unpaired) electrons. The van der Waals surface area contributed by atoms with Crippen LogP contribution in [0.3, 0.4) is 0 Å². The Hall–Kier alpha value is -0.0800. The Morgan fingerprint density at radius 1 is 1.07 bits per heavy atom. The van der Waals surface area contributed by atoms with Gasteiger partial charge in [-0.1, -0.05) is 19.8 Å². The topological polar surface area (TPSA) is 46.1 Å². The Labute approximate surface area is 183 Å². The monoisotopic (exact) mass is 493 g/mol. The third kappa shape index (κ3) is 7.69. The highest BCUT2D eigenvalue weighted by molar-refractivity contribution is 14.0. The molecule has 1 aliphatic carbocycles. The number of ether oxygens (including phenoxy) is 2. The second-order valence-corrected chi connectivity index (χ2v) is 8.56. The van der Waals surface area contributed by atoms with Gasteiger partial charge in [-0.25, -0.2) is 0 Å². The van der Waals surface area contributed by atoms with E-state index in [0.717, 1.165) is 69.9 Å². The van der Waals surface area contributed by atoms with E-state index in [9.17, 15) is 0 Å². The van der Waals surface area contributed by atoms with Crippen molar-refractivity contribution in [1.82, 2.24) is 10.2 Å². The molecule has 2 heterocycles. The number of aliphatic imine (C=N–C) groups is 1. The van der Waals surface area contributed by atoms with Crippen molar-refractivity contribution in [3.63, 3.8) is 0 Å². The van der Waals surface area contributed by atoms with Crippen LogP contribution in [0.15, 0.2) is 4.99 Å². The maximum atomic E-state index is 6.14. The van der Waals surface area contributed by atoms with Crippen molar-refractivity contribution >= 4 is 29.9 Å². The van der Waals surface area contributed by atoms with Crippen LogP contribution < -0.4 is 5.32 Å². The van der Waals surface area contributed by atoms with Crippen LogP contribution in [0.1, 0.15) is 64.7 Å². The molecule has 3 fully saturated rings. The van der Waals surface area contributed by atoms with Crippen molar-refractivity contribution in [1.29, 1.82) is 0 Å². The van der Waals surface area contributed by atoms with Gasteiger partial charge in [-0.3, -0.25) is 4.99 Å². The maximum absolute atomic E-state index is 6.14. The highest BCUT2D eigenvalue weighted by Gasteiger charge is 2.24. The van der Waals surface area contributed by atoms with Crippen molar-refractivity contribution < 1.29 is 9.47 Å². The molecule has 27 heavy (non-hydrogen) atoms. The van der Waals surface area contributed by atoms with Crippen LogP contribution in [0.2, 0.25) is 0 Å². The number of piperidine rings is 1. The summed E-state index contributed by atoms with van der Waals surface area (Å²) < 4.78 is 11.9. The molecule has 0 amide bonds. The van der Waals surface area contributed by atoms with Gasteiger partial charge in [0.15, 0.2) is 5.96 Å². The van der Waals surface area contributed by atoms with E-state index in [4.69, 9.17) is 9.47 Å². The van der Waals surface area contributed by atoms with Crippen LogP contribution in [-0.4, -0.2) is 63.0 Å². The molecule has 3 rings (SSSR count). The van der Waals surface area contributed by atoms with Gasteiger partial charge >= 0.3 is 0 Å². The standard InChI is InChI=1S/C21H39N3O2.HI/c1-17-6-8-18(9-7-17)15-23-21(22-2)24-12-10-19(11-13-24)26-16-20-5-3-4-14-25-20;/h17-20H,3-16H2,1-2H3,(H,22,23);1H. The molecule has 1 unspecified atom stereocenters. The summed E-state index contributed by atoms with van der Waals surface area (Å²) in [4.78, 5) is 6.93. The number of nitrogens with zero attached hydrogens (tertiary/aromatic N) is 2. The molecule has 1 N–H and O–H groups in total. The van der Waals surface area contributed by atoms with Gasteiger partial charge in [0.1, 0.15) is 0 Å². The second-order valence-electron chi connectivity index (χ2n) is 8.56. The average molecular weight is 493 g/mol.